The first-order chi connectivity index (χ1) is 12.0. The number of amides is 3. The molecule has 8 heteroatoms. The number of nitrogens with zero attached hydrogens (tertiary/aromatic N) is 2. The minimum Gasteiger partial charge on any atom is -0.457 e. The molecule has 1 aliphatic rings. The van der Waals surface area contributed by atoms with Gasteiger partial charge in [0.1, 0.15) is 12.4 Å². The van der Waals surface area contributed by atoms with Gasteiger partial charge in [-0.05, 0) is 25.5 Å². The molecule has 0 saturated carbocycles. The van der Waals surface area contributed by atoms with Crippen molar-refractivity contribution in [2.45, 2.75) is 27.0 Å². The Kier molecular flexibility index (Phi) is 4.51. The third kappa shape index (κ3) is 3.37. The first-order valence-electron chi connectivity index (χ1n) is 7.72. The molecular formula is C17H17N3O5. The number of aryl methyl sites for hydroxylation is 2. The van der Waals surface area contributed by atoms with Gasteiger partial charge in [0.15, 0.2) is 0 Å². The normalized spacial score (nSPS) is 13.9. The van der Waals surface area contributed by atoms with Gasteiger partial charge in [-0.25, -0.2) is 9.59 Å². The molecule has 8 nitrogen and oxygen atoms in total. The van der Waals surface area contributed by atoms with E-state index in [2.05, 4.69) is 10.5 Å². The Balaban J connectivity index is 1.75. The number of carbonyl (C=O) groups is 3. The number of rotatable bonds is 5. The van der Waals surface area contributed by atoms with Crippen LogP contribution in [0, 0.1) is 13.8 Å². The molecule has 2 heterocycles. The fraction of sp³-hybridized carbons (Fsp3) is 0.294. The van der Waals surface area contributed by atoms with Crippen LogP contribution in [0.25, 0.3) is 0 Å². The van der Waals surface area contributed by atoms with Crippen molar-refractivity contribution in [3.63, 3.8) is 0 Å². The number of hydrogen-bond donors (Lipinski definition) is 1. The van der Waals surface area contributed by atoms with Gasteiger partial charge in [-0.1, -0.05) is 23.4 Å². The smallest absolute Gasteiger partial charge is 0.338 e. The van der Waals surface area contributed by atoms with E-state index in [1.807, 2.05) is 0 Å². The van der Waals surface area contributed by atoms with Crippen LogP contribution >= 0.6 is 0 Å². The zero-order valence-corrected chi connectivity index (χ0v) is 13.9. The summed E-state index contributed by atoms with van der Waals surface area (Å²) in [6.07, 6.45) is 0. The Bertz CT molecular complexity index is 807. The van der Waals surface area contributed by atoms with Crippen LogP contribution in [0.2, 0.25) is 0 Å². The second kappa shape index (κ2) is 6.76. The van der Waals surface area contributed by atoms with E-state index in [9.17, 15) is 14.4 Å². The first kappa shape index (κ1) is 16.7. The van der Waals surface area contributed by atoms with Gasteiger partial charge in [0, 0.05) is 0 Å². The summed E-state index contributed by atoms with van der Waals surface area (Å²) in [6, 6.07) is 6.25. The van der Waals surface area contributed by atoms with Crippen LogP contribution in [0.5, 0.6) is 0 Å². The molecule has 0 aliphatic carbocycles. The highest BCUT2D eigenvalue weighted by molar-refractivity contribution is 6.02. The van der Waals surface area contributed by atoms with Crippen molar-refractivity contribution in [3.05, 3.63) is 52.4 Å². The molecule has 1 aromatic heterocycles. The van der Waals surface area contributed by atoms with Gasteiger partial charge in [-0.3, -0.25) is 9.69 Å². The number of imide groups is 1. The molecule has 0 spiro atoms. The number of benzene rings is 1. The molecule has 0 unspecified atom stereocenters. The highest BCUT2D eigenvalue weighted by Crippen LogP contribution is 2.18. The summed E-state index contributed by atoms with van der Waals surface area (Å²) in [7, 11) is 0. The van der Waals surface area contributed by atoms with Crippen molar-refractivity contribution in [1.82, 2.24) is 15.4 Å². The second-order valence-corrected chi connectivity index (χ2v) is 5.67. The zero-order chi connectivity index (χ0) is 18.0. The van der Waals surface area contributed by atoms with Gasteiger partial charge in [-0.2, -0.15) is 0 Å². The van der Waals surface area contributed by atoms with E-state index in [1.54, 1.807) is 38.1 Å². The monoisotopic (exact) mass is 343 g/mol. The third-order valence-corrected chi connectivity index (χ3v) is 4.03. The molecule has 0 atom stereocenters. The molecular weight excluding hydrogens is 326 g/mol. The van der Waals surface area contributed by atoms with Crippen LogP contribution < -0.4 is 5.32 Å². The Morgan fingerprint density at radius 3 is 2.72 bits per heavy atom. The van der Waals surface area contributed by atoms with E-state index < -0.39 is 12.0 Å². The van der Waals surface area contributed by atoms with Crippen molar-refractivity contribution in [3.8, 4) is 0 Å². The zero-order valence-electron chi connectivity index (χ0n) is 13.9. The summed E-state index contributed by atoms with van der Waals surface area (Å²) in [5.41, 5.74) is 2.23. The molecule has 130 valence electrons. The summed E-state index contributed by atoms with van der Waals surface area (Å²) in [5, 5.41) is 6.26. The maximum atomic E-state index is 12.4. The summed E-state index contributed by atoms with van der Waals surface area (Å²) < 4.78 is 10.4. The summed E-state index contributed by atoms with van der Waals surface area (Å²) in [5.74, 6) is -0.274. The van der Waals surface area contributed by atoms with E-state index >= 15 is 0 Å². The molecule has 2 aromatic rings. The van der Waals surface area contributed by atoms with E-state index in [0.717, 1.165) is 10.5 Å². The van der Waals surface area contributed by atoms with Crippen molar-refractivity contribution < 1.29 is 23.6 Å². The largest absolute Gasteiger partial charge is 0.457 e. The average Bonchev–Trinajstić information content (AvgIpc) is 3.09. The van der Waals surface area contributed by atoms with Crippen LogP contribution in [0.15, 0.2) is 28.8 Å². The van der Waals surface area contributed by atoms with Gasteiger partial charge in [-0.15, -0.1) is 0 Å². The lowest BCUT2D eigenvalue weighted by molar-refractivity contribution is -0.125. The van der Waals surface area contributed by atoms with E-state index in [1.165, 1.54) is 0 Å². The highest BCUT2D eigenvalue weighted by atomic mass is 16.5. The minimum absolute atomic E-state index is 0.0151. The number of ether oxygens (including phenoxy) is 1. The molecule has 1 N–H and O–H groups in total. The topological polar surface area (TPSA) is 102 Å². The van der Waals surface area contributed by atoms with Crippen LogP contribution in [0.1, 0.15) is 32.9 Å². The van der Waals surface area contributed by atoms with Gasteiger partial charge in [0.25, 0.3) is 0 Å². The van der Waals surface area contributed by atoms with Crippen molar-refractivity contribution >= 4 is 17.9 Å². The standard InChI is InChI=1S/C17H17N3O5/c1-10-14(11(2)25-19-10)9-24-16(22)13-6-4-3-5-12(13)8-20-15(21)7-18-17(20)23/h3-6H,7-9H2,1-2H3,(H,18,23). The molecule has 3 rings (SSSR count). The molecule has 0 radical (unpaired) electrons. The van der Waals surface area contributed by atoms with Gasteiger partial charge >= 0.3 is 12.0 Å². The number of hydrogen-bond acceptors (Lipinski definition) is 6. The number of nitrogens with one attached hydrogen (secondary N) is 1. The van der Waals surface area contributed by atoms with Crippen LogP contribution in [-0.2, 0) is 22.7 Å². The van der Waals surface area contributed by atoms with Gasteiger partial charge in [0.2, 0.25) is 5.91 Å². The third-order valence-electron chi connectivity index (χ3n) is 4.03. The first-order valence-corrected chi connectivity index (χ1v) is 7.72. The van der Waals surface area contributed by atoms with Crippen molar-refractivity contribution in [2.24, 2.45) is 0 Å². The fourth-order valence-electron chi connectivity index (χ4n) is 2.57. The van der Waals surface area contributed by atoms with Crippen molar-refractivity contribution in [1.29, 1.82) is 0 Å². The predicted molar refractivity (Wildman–Crippen MR) is 85.5 cm³/mol. The molecule has 1 aliphatic heterocycles. The highest BCUT2D eigenvalue weighted by Gasteiger charge is 2.29. The summed E-state index contributed by atoms with van der Waals surface area (Å²) in [4.78, 5) is 36.9. The van der Waals surface area contributed by atoms with E-state index in [-0.39, 0.29) is 25.6 Å². The Morgan fingerprint density at radius 1 is 1.32 bits per heavy atom. The van der Waals surface area contributed by atoms with Gasteiger partial charge in [0.05, 0.1) is 29.9 Å². The van der Waals surface area contributed by atoms with Crippen LogP contribution in [0.4, 0.5) is 4.79 Å². The lowest BCUT2D eigenvalue weighted by Crippen LogP contribution is -2.31. The predicted octanol–water partition coefficient (Wildman–Crippen LogP) is 1.70. The minimum atomic E-state index is -0.539. The Labute approximate surface area is 143 Å². The maximum Gasteiger partial charge on any atom is 0.338 e. The molecule has 0 bridgehead atoms. The summed E-state index contributed by atoms with van der Waals surface area (Å²) in [6.45, 7) is 3.54. The molecule has 1 saturated heterocycles. The Morgan fingerprint density at radius 2 is 2.08 bits per heavy atom. The van der Waals surface area contributed by atoms with Crippen LogP contribution in [0.3, 0.4) is 0 Å². The number of carbonyl (C=O) groups excluding carboxylic acids is 3. The van der Waals surface area contributed by atoms with E-state index in [4.69, 9.17) is 9.26 Å². The molecule has 1 aromatic carbocycles. The summed E-state index contributed by atoms with van der Waals surface area (Å²) >= 11 is 0. The number of esters is 1. The van der Waals surface area contributed by atoms with Crippen molar-refractivity contribution in [2.75, 3.05) is 6.54 Å². The SMILES string of the molecule is Cc1noc(C)c1COC(=O)c1ccccc1CN1C(=O)CNC1=O. The maximum absolute atomic E-state index is 12.4. The molecule has 3 amide bonds. The van der Waals surface area contributed by atoms with E-state index in [0.29, 0.717) is 22.6 Å². The average molecular weight is 343 g/mol. The second-order valence-electron chi connectivity index (χ2n) is 5.67. The quantitative estimate of drug-likeness (QED) is 0.655. The molecule has 25 heavy (non-hydrogen) atoms. The molecule has 1 fully saturated rings. The Hall–Kier alpha value is -3.16. The van der Waals surface area contributed by atoms with Crippen LogP contribution in [-0.4, -0.2) is 34.5 Å². The fourth-order valence-corrected chi connectivity index (χ4v) is 2.57. The van der Waals surface area contributed by atoms with Gasteiger partial charge < -0.3 is 14.6 Å². The number of aromatic nitrogens is 1. The lowest BCUT2D eigenvalue weighted by atomic mass is 10.1. The lowest BCUT2D eigenvalue weighted by Gasteiger charge is -2.15. The number of urea groups is 1.